The molecule has 7 heteroatoms. The number of hydrogen-bond donors (Lipinski definition) is 0. The van der Waals surface area contributed by atoms with Crippen LogP contribution in [0, 0.1) is 0 Å². The zero-order valence-electron chi connectivity index (χ0n) is 23.2. The smallest absolute Gasteiger partial charge is 0.263 e. The van der Waals surface area contributed by atoms with Crippen molar-refractivity contribution in [1.82, 2.24) is 20.0 Å². The zero-order chi connectivity index (χ0) is 27.5. The third-order valence-corrected chi connectivity index (χ3v) is 7.94. The van der Waals surface area contributed by atoms with Crippen LogP contribution in [-0.2, 0) is 11.2 Å². The van der Waals surface area contributed by atoms with Gasteiger partial charge in [-0.15, -0.1) is 0 Å². The molecule has 1 unspecified atom stereocenters. The minimum atomic E-state index is -0.114. The van der Waals surface area contributed by atoms with Crippen LogP contribution < -0.4 is 4.90 Å². The molecule has 3 aromatic carbocycles. The van der Waals surface area contributed by atoms with Gasteiger partial charge in [-0.05, 0) is 35.2 Å². The molecule has 1 saturated heterocycles. The van der Waals surface area contributed by atoms with Gasteiger partial charge < -0.3 is 14.3 Å². The second-order valence-corrected chi connectivity index (χ2v) is 10.5. The molecule has 1 aliphatic heterocycles. The molecular formula is C33H35N5O2. The van der Waals surface area contributed by atoms with E-state index in [1.807, 2.05) is 35.2 Å². The van der Waals surface area contributed by atoms with Gasteiger partial charge in [-0.25, -0.2) is 4.98 Å². The average Bonchev–Trinajstić information content (AvgIpc) is 3.44. The van der Waals surface area contributed by atoms with Crippen LogP contribution in [0.25, 0.3) is 33.1 Å². The molecule has 2 aromatic heterocycles. The summed E-state index contributed by atoms with van der Waals surface area (Å²) >= 11 is 0. The fourth-order valence-corrected chi connectivity index (χ4v) is 5.69. The van der Waals surface area contributed by atoms with E-state index in [1.165, 1.54) is 5.39 Å². The van der Waals surface area contributed by atoms with Gasteiger partial charge in [0.1, 0.15) is 22.7 Å². The molecule has 1 aliphatic rings. The van der Waals surface area contributed by atoms with E-state index in [-0.39, 0.29) is 11.8 Å². The van der Waals surface area contributed by atoms with E-state index in [1.54, 1.807) is 0 Å². The summed E-state index contributed by atoms with van der Waals surface area (Å²) in [6, 6.07) is 24.8. The Morgan fingerprint density at radius 2 is 1.65 bits per heavy atom. The van der Waals surface area contributed by atoms with Crippen LogP contribution in [0.3, 0.4) is 0 Å². The van der Waals surface area contributed by atoms with Gasteiger partial charge in [0.05, 0.1) is 5.92 Å². The first-order valence-electron chi connectivity index (χ1n) is 14.4. The lowest BCUT2D eigenvalue weighted by molar-refractivity contribution is -0.133. The molecule has 0 bridgehead atoms. The molecule has 40 heavy (non-hydrogen) atoms. The van der Waals surface area contributed by atoms with Crippen LogP contribution in [0.5, 0.6) is 0 Å². The number of fused-ring (bicyclic) bond motifs is 2. The predicted molar refractivity (Wildman–Crippen MR) is 159 cm³/mol. The normalized spacial score (nSPS) is 14.7. The number of anilines is 1. The number of aryl methyl sites for hydroxylation is 1. The summed E-state index contributed by atoms with van der Waals surface area (Å²) in [5.74, 6) is 1.71. The van der Waals surface area contributed by atoms with Crippen LogP contribution in [0.1, 0.15) is 50.4 Å². The third kappa shape index (κ3) is 5.04. The number of carbonyl (C=O) groups excluding carboxylic acids is 1. The molecule has 0 aliphatic carbocycles. The molecule has 3 heterocycles. The SMILES string of the molecule is CCCCc1nc(N2CCN(C(=O)C(CC)c3ccccc3)CC2)c2c(-c3ccc4ccccc4c3)noc2n1. The summed E-state index contributed by atoms with van der Waals surface area (Å²) in [7, 11) is 0. The molecule has 1 atom stereocenters. The van der Waals surface area contributed by atoms with Crippen LogP contribution in [0.4, 0.5) is 5.82 Å². The molecule has 0 saturated carbocycles. The number of amides is 1. The lowest BCUT2D eigenvalue weighted by Gasteiger charge is -2.37. The van der Waals surface area contributed by atoms with E-state index < -0.39 is 0 Å². The highest BCUT2D eigenvalue weighted by Crippen LogP contribution is 2.36. The van der Waals surface area contributed by atoms with Crippen molar-refractivity contribution in [2.45, 2.75) is 45.4 Å². The van der Waals surface area contributed by atoms with Crippen molar-refractivity contribution in [1.29, 1.82) is 0 Å². The van der Waals surface area contributed by atoms with E-state index in [2.05, 4.69) is 66.4 Å². The van der Waals surface area contributed by atoms with Crippen LogP contribution >= 0.6 is 0 Å². The van der Waals surface area contributed by atoms with Crippen molar-refractivity contribution in [3.05, 3.63) is 84.2 Å². The lowest BCUT2D eigenvalue weighted by atomic mass is 9.95. The van der Waals surface area contributed by atoms with Gasteiger partial charge in [0.15, 0.2) is 0 Å². The Hall–Kier alpha value is -4.26. The van der Waals surface area contributed by atoms with E-state index >= 15 is 0 Å². The van der Waals surface area contributed by atoms with Crippen LogP contribution in [0.15, 0.2) is 77.3 Å². The molecule has 6 rings (SSSR count). The Balaban J connectivity index is 1.32. The number of piperazine rings is 1. The average molecular weight is 534 g/mol. The molecule has 0 radical (unpaired) electrons. The summed E-state index contributed by atoms with van der Waals surface area (Å²) in [6.45, 7) is 6.93. The van der Waals surface area contributed by atoms with Gasteiger partial charge >= 0.3 is 0 Å². The highest BCUT2D eigenvalue weighted by molar-refractivity contribution is 6.00. The summed E-state index contributed by atoms with van der Waals surface area (Å²) in [5, 5.41) is 7.66. The second-order valence-electron chi connectivity index (χ2n) is 10.5. The van der Waals surface area contributed by atoms with Crippen LogP contribution in [0.2, 0.25) is 0 Å². The first-order chi connectivity index (χ1) is 19.7. The highest BCUT2D eigenvalue weighted by Gasteiger charge is 2.30. The maximum absolute atomic E-state index is 13.5. The van der Waals surface area contributed by atoms with Crippen molar-refractivity contribution < 1.29 is 9.32 Å². The number of carbonyl (C=O) groups is 1. The maximum atomic E-state index is 13.5. The van der Waals surface area contributed by atoms with Crippen molar-refractivity contribution in [2.75, 3.05) is 31.1 Å². The largest absolute Gasteiger partial charge is 0.352 e. The van der Waals surface area contributed by atoms with E-state index in [0.29, 0.717) is 31.9 Å². The zero-order valence-corrected chi connectivity index (χ0v) is 23.2. The molecular weight excluding hydrogens is 498 g/mol. The summed E-state index contributed by atoms with van der Waals surface area (Å²) < 4.78 is 5.83. The summed E-state index contributed by atoms with van der Waals surface area (Å²) in [6.07, 6.45) is 3.65. The highest BCUT2D eigenvalue weighted by atomic mass is 16.5. The van der Waals surface area contributed by atoms with Gasteiger partial charge in [0.25, 0.3) is 5.71 Å². The van der Waals surface area contributed by atoms with Crippen molar-refractivity contribution in [3.8, 4) is 11.3 Å². The predicted octanol–water partition coefficient (Wildman–Crippen LogP) is 6.62. The molecule has 5 aromatic rings. The first kappa shape index (κ1) is 26.0. The van der Waals surface area contributed by atoms with Gasteiger partial charge in [-0.1, -0.05) is 92.2 Å². The Labute approximate surface area is 234 Å². The first-order valence-corrected chi connectivity index (χ1v) is 14.4. The standard InChI is InChI=1S/C33H35N5O2/c1-3-5-15-28-34-31(37-18-20-38(21-19-37)33(39)27(4-2)24-12-7-6-8-13-24)29-30(36-40-32(29)35-28)26-17-16-23-11-9-10-14-25(23)22-26/h6-14,16-17,22,27H,3-5,15,18-21H2,1-2H3. The van der Waals surface area contributed by atoms with Crippen molar-refractivity contribution >= 4 is 33.6 Å². The molecule has 0 N–H and O–H groups in total. The summed E-state index contributed by atoms with van der Waals surface area (Å²) in [5.41, 5.74) is 3.34. The molecule has 7 nitrogen and oxygen atoms in total. The van der Waals surface area contributed by atoms with E-state index in [9.17, 15) is 4.79 Å². The lowest BCUT2D eigenvalue weighted by Crippen LogP contribution is -2.50. The van der Waals surface area contributed by atoms with Crippen molar-refractivity contribution in [3.63, 3.8) is 0 Å². The maximum Gasteiger partial charge on any atom is 0.263 e. The number of rotatable bonds is 8. The molecule has 1 amide bonds. The summed E-state index contributed by atoms with van der Waals surface area (Å²) in [4.78, 5) is 27.6. The quantitative estimate of drug-likeness (QED) is 0.223. The number of aromatic nitrogens is 3. The molecule has 204 valence electrons. The number of hydrogen-bond acceptors (Lipinski definition) is 6. The number of benzene rings is 3. The van der Waals surface area contributed by atoms with Gasteiger partial charge in [-0.2, -0.15) is 4.98 Å². The second kappa shape index (κ2) is 11.5. The monoisotopic (exact) mass is 533 g/mol. The number of nitrogens with zero attached hydrogens (tertiary/aromatic N) is 5. The Morgan fingerprint density at radius 1 is 0.900 bits per heavy atom. The Kier molecular flexibility index (Phi) is 7.45. The third-order valence-electron chi connectivity index (χ3n) is 7.94. The fraction of sp³-hybridized carbons (Fsp3) is 0.333. The minimum Gasteiger partial charge on any atom is -0.352 e. The Bertz CT molecular complexity index is 1620. The van der Waals surface area contributed by atoms with Gasteiger partial charge in [0.2, 0.25) is 5.91 Å². The molecule has 0 spiro atoms. The van der Waals surface area contributed by atoms with Crippen LogP contribution in [-0.4, -0.2) is 52.1 Å². The van der Waals surface area contributed by atoms with Gasteiger partial charge in [-0.3, -0.25) is 4.79 Å². The Morgan fingerprint density at radius 3 is 2.40 bits per heavy atom. The van der Waals surface area contributed by atoms with Gasteiger partial charge in [0, 0.05) is 38.2 Å². The number of unbranched alkanes of at least 4 members (excludes halogenated alkanes) is 1. The fourth-order valence-electron chi connectivity index (χ4n) is 5.69. The topological polar surface area (TPSA) is 75.4 Å². The minimum absolute atomic E-state index is 0.114. The molecule has 1 fully saturated rings. The van der Waals surface area contributed by atoms with Crippen molar-refractivity contribution in [2.24, 2.45) is 0 Å². The van der Waals surface area contributed by atoms with E-state index in [4.69, 9.17) is 14.5 Å². The van der Waals surface area contributed by atoms with E-state index in [0.717, 1.165) is 64.9 Å².